The third-order valence-corrected chi connectivity index (χ3v) is 5.06. The molecule has 1 N–H and O–H groups in total. The van der Waals surface area contributed by atoms with Crippen LogP contribution in [-0.2, 0) is 33.5 Å². The van der Waals surface area contributed by atoms with E-state index in [0.29, 0.717) is 6.42 Å². The van der Waals surface area contributed by atoms with Gasteiger partial charge in [0.05, 0.1) is 29.9 Å². The Bertz CT molecular complexity index is 933. The fourth-order valence-electron chi connectivity index (χ4n) is 3.36. The second-order valence-corrected chi connectivity index (χ2v) is 7.03. The number of halogens is 4. The van der Waals surface area contributed by atoms with Gasteiger partial charge in [-0.2, -0.15) is 13.2 Å². The zero-order valence-corrected chi connectivity index (χ0v) is 16.2. The number of carbonyl (C=O) groups is 2. The molecule has 1 heterocycles. The molecule has 1 atom stereocenters. The molecule has 0 aliphatic carbocycles. The third kappa shape index (κ3) is 4.71. The Balaban J connectivity index is 1.82. The summed E-state index contributed by atoms with van der Waals surface area (Å²) in [6.45, 7) is -0.00533. The van der Waals surface area contributed by atoms with Crippen molar-refractivity contribution < 1.29 is 27.5 Å². The summed E-state index contributed by atoms with van der Waals surface area (Å²) in [5.74, 6) is -1.22. The number of ether oxygens (including phenoxy) is 1. The van der Waals surface area contributed by atoms with E-state index >= 15 is 0 Å². The van der Waals surface area contributed by atoms with Crippen molar-refractivity contribution in [1.82, 2.24) is 4.90 Å². The van der Waals surface area contributed by atoms with Crippen LogP contribution in [0, 0.1) is 0 Å². The first-order valence-corrected chi connectivity index (χ1v) is 9.12. The number of nitrogens with zero attached hydrogens (tertiary/aromatic N) is 1. The van der Waals surface area contributed by atoms with Gasteiger partial charge in [-0.25, -0.2) is 0 Å². The molecule has 1 aliphatic heterocycles. The van der Waals surface area contributed by atoms with Gasteiger partial charge in [0.2, 0.25) is 5.91 Å². The van der Waals surface area contributed by atoms with E-state index in [-0.39, 0.29) is 18.1 Å². The molecule has 0 saturated carbocycles. The highest BCUT2D eigenvalue weighted by atomic mass is 35.5. The molecule has 9 heteroatoms. The molecule has 0 radical (unpaired) electrons. The number of esters is 1. The van der Waals surface area contributed by atoms with E-state index in [0.717, 1.165) is 23.3 Å². The van der Waals surface area contributed by atoms with Crippen LogP contribution < -0.4 is 5.32 Å². The molecule has 1 amide bonds. The lowest BCUT2D eigenvalue weighted by Crippen LogP contribution is -2.49. The van der Waals surface area contributed by atoms with Gasteiger partial charge in [-0.05, 0) is 29.7 Å². The number of fused-ring (bicyclic) bond motifs is 1. The number of methoxy groups -OCH3 is 1. The van der Waals surface area contributed by atoms with Crippen LogP contribution in [0.2, 0.25) is 5.02 Å². The van der Waals surface area contributed by atoms with Crippen LogP contribution in [0.5, 0.6) is 0 Å². The fraction of sp³-hybridized carbons (Fsp3) is 0.300. The van der Waals surface area contributed by atoms with E-state index in [9.17, 15) is 22.8 Å². The van der Waals surface area contributed by atoms with Crippen molar-refractivity contribution in [3.63, 3.8) is 0 Å². The van der Waals surface area contributed by atoms with Gasteiger partial charge >= 0.3 is 12.1 Å². The first-order chi connectivity index (χ1) is 13.7. The summed E-state index contributed by atoms with van der Waals surface area (Å²) >= 11 is 5.89. The van der Waals surface area contributed by atoms with Gasteiger partial charge in [-0.15, -0.1) is 0 Å². The molecule has 0 fully saturated rings. The Morgan fingerprint density at radius 3 is 2.52 bits per heavy atom. The van der Waals surface area contributed by atoms with Gasteiger partial charge in [0.15, 0.2) is 0 Å². The van der Waals surface area contributed by atoms with Crippen molar-refractivity contribution >= 4 is 29.2 Å². The van der Waals surface area contributed by atoms with Crippen molar-refractivity contribution in [2.75, 3.05) is 19.0 Å². The smallest absolute Gasteiger partial charge is 0.418 e. The van der Waals surface area contributed by atoms with Gasteiger partial charge < -0.3 is 10.1 Å². The third-order valence-electron chi connectivity index (χ3n) is 4.75. The Labute approximate surface area is 170 Å². The van der Waals surface area contributed by atoms with Crippen LogP contribution in [0.15, 0.2) is 42.5 Å². The molecule has 2 aromatic carbocycles. The van der Waals surface area contributed by atoms with E-state index < -0.39 is 35.3 Å². The first-order valence-electron chi connectivity index (χ1n) is 8.75. The van der Waals surface area contributed by atoms with Gasteiger partial charge in [-0.3, -0.25) is 14.5 Å². The maximum absolute atomic E-state index is 13.2. The molecule has 0 saturated heterocycles. The maximum Gasteiger partial charge on any atom is 0.418 e. The fourth-order valence-corrected chi connectivity index (χ4v) is 3.58. The SMILES string of the molecule is COC(=O)C1Cc2ccccc2CN1CC(=O)Nc1c(Cl)cccc1C(F)(F)F. The zero-order valence-electron chi connectivity index (χ0n) is 15.4. The number of hydrogen-bond donors (Lipinski definition) is 1. The molecule has 0 spiro atoms. The summed E-state index contributed by atoms with van der Waals surface area (Å²) in [4.78, 5) is 26.3. The van der Waals surface area contributed by atoms with Gasteiger partial charge in [0.25, 0.3) is 0 Å². The van der Waals surface area contributed by atoms with E-state index in [4.69, 9.17) is 16.3 Å². The van der Waals surface area contributed by atoms with Crippen LogP contribution in [0.3, 0.4) is 0 Å². The molecular weight excluding hydrogens is 409 g/mol. The molecule has 1 aliphatic rings. The minimum Gasteiger partial charge on any atom is -0.468 e. The van der Waals surface area contributed by atoms with Crippen LogP contribution in [0.25, 0.3) is 0 Å². The molecule has 5 nitrogen and oxygen atoms in total. The highest BCUT2D eigenvalue weighted by Crippen LogP contribution is 2.38. The highest BCUT2D eigenvalue weighted by Gasteiger charge is 2.36. The lowest BCUT2D eigenvalue weighted by atomic mass is 9.94. The molecule has 2 aromatic rings. The lowest BCUT2D eigenvalue weighted by molar-refractivity contribution is -0.148. The number of benzene rings is 2. The normalized spacial score (nSPS) is 16.8. The summed E-state index contributed by atoms with van der Waals surface area (Å²) in [5, 5.41) is 2.03. The maximum atomic E-state index is 13.2. The second kappa shape index (κ2) is 8.42. The minimum atomic E-state index is -4.67. The number of rotatable bonds is 4. The van der Waals surface area contributed by atoms with E-state index in [1.165, 1.54) is 13.2 Å². The Hall–Kier alpha value is -2.58. The molecule has 29 heavy (non-hydrogen) atoms. The van der Waals surface area contributed by atoms with Crippen molar-refractivity contribution in [3.05, 3.63) is 64.2 Å². The largest absolute Gasteiger partial charge is 0.468 e. The first kappa shape index (κ1) is 21.1. The number of nitrogens with one attached hydrogen (secondary N) is 1. The van der Waals surface area contributed by atoms with E-state index in [2.05, 4.69) is 5.32 Å². The van der Waals surface area contributed by atoms with Crippen LogP contribution >= 0.6 is 11.6 Å². The Morgan fingerprint density at radius 1 is 1.17 bits per heavy atom. The minimum absolute atomic E-state index is 0.221. The van der Waals surface area contributed by atoms with Crippen LogP contribution in [0.4, 0.5) is 18.9 Å². The number of alkyl halides is 3. The summed E-state index contributed by atoms with van der Waals surface area (Å²) in [6, 6.07) is 10.0. The van der Waals surface area contributed by atoms with Crippen LogP contribution in [0.1, 0.15) is 16.7 Å². The molecule has 0 bridgehead atoms. The van der Waals surface area contributed by atoms with Gasteiger partial charge in [-0.1, -0.05) is 41.9 Å². The predicted molar refractivity (Wildman–Crippen MR) is 101 cm³/mol. The molecule has 0 aromatic heterocycles. The van der Waals surface area contributed by atoms with Gasteiger partial charge in [0.1, 0.15) is 6.04 Å². The standard InChI is InChI=1S/C20H18ClF3N2O3/c1-29-19(28)16-9-12-5-2-3-6-13(12)10-26(16)11-17(27)25-18-14(20(22,23)24)7-4-8-15(18)21/h2-8,16H,9-11H2,1H3,(H,25,27). The quantitative estimate of drug-likeness (QED) is 0.753. The van der Waals surface area contributed by atoms with Crippen molar-refractivity contribution in [2.45, 2.75) is 25.2 Å². The highest BCUT2D eigenvalue weighted by molar-refractivity contribution is 6.34. The number of hydrogen-bond acceptors (Lipinski definition) is 4. The van der Waals surface area contributed by atoms with Crippen molar-refractivity contribution in [2.24, 2.45) is 0 Å². The van der Waals surface area contributed by atoms with E-state index in [1.54, 1.807) is 4.90 Å². The summed E-state index contributed by atoms with van der Waals surface area (Å²) in [7, 11) is 1.25. The lowest BCUT2D eigenvalue weighted by Gasteiger charge is -2.34. The number of amides is 1. The van der Waals surface area contributed by atoms with Crippen molar-refractivity contribution in [3.8, 4) is 0 Å². The zero-order chi connectivity index (χ0) is 21.2. The Kier molecular flexibility index (Phi) is 6.14. The number of para-hydroxylation sites is 1. The molecule has 3 rings (SSSR count). The van der Waals surface area contributed by atoms with Crippen LogP contribution in [-0.4, -0.2) is 36.5 Å². The summed E-state index contributed by atoms with van der Waals surface area (Å²) in [6.07, 6.45) is -4.33. The predicted octanol–water partition coefficient (Wildman–Crippen LogP) is 3.90. The average molecular weight is 427 g/mol. The monoisotopic (exact) mass is 426 g/mol. The van der Waals surface area contributed by atoms with Gasteiger partial charge in [0, 0.05) is 6.54 Å². The van der Waals surface area contributed by atoms with Crippen molar-refractivity contribution in [1.29, 1.82) is 0 Å². The molecular formula is C20H18ClF3N2O3. The number of anilines is 1. The second-order valence-electron chi connectivity index (χ2n) is 6.63. The Morgan fingerprint density at radius 2 is 1.86 bits per heavy atom. The topological polar surface area (TPSA) is 58.6 Å². The number of carbonyl (C=O) groups excluding carboxylic acids is 2. The molecule has 154 valence electrons. The summed E-state index contributed by atoms with van der Waals surface area (Å²) in [5.41, 5.74) is 0.366. The summed E-state index contributed by atoms with van der Waals surface area (Å²) < 4.78 is 44.5. The average Bonchev–Trinajstić information content (AvgIpc) is 2.67. The molecule has 1 unspecified atom stereocenters. The van der Waals surface area contributed by atoms with E-state index in [1.807, 2.05) is 24.3 Å².